The van der Waals surface area contributed by atoms with E-state index in [1.54, 1.807) is 11.3 Å². The lowest BCUT2D eigenvalue weighted by atomic mass is 10.0. The Hall–Kier alpha value is -0.980. The Bertz CT molecular complexity index is 445. The van der Waals surface area contributed by atoms with Crippen LogP contribution in [-0.4, -0.2) is 43.4 Å². The van der Waals surface area contributed by atoms with Crippen LogP contribution in [0.2, 0.25) is 0 Å². The summed E-state index contributed by atoms with van der Waals surface area (Å²) in [5, 5.41) is 4.04. The number of thiazole rings is 1. The van der Waals surface area contributed by atoms with E-state index in [1.165, 1.54) is 29.8 Å². The van der Waals surface area contributed by atoms with Crippen molar-refractivity contribution >= 4 is 17.2 Å². The molecule has 0 unspecified atom stereocenters. The van der Waals surface area contributed by atoms with E-state index in [2.05, 4.69) is 10.3 Å². The number of fused-ring (bicyclic) bond motifs is 1. The molecule has 0 radical (unpaired) electrons. The fourth-order valence-corrected chi connectivity index (χ4v) is 3.71. The van der Waals surface area contributed by atoms with Crippen molar-refractivity contribution in [1.82, 2.24) is 10.3 Å². The van der Waals surface area contributed by atoms with E-state index in [9.17, 15) is 4.79 Å². The number of aromatic nitrogens is 1. The maximum atomic E-state index is 11.8. The molecule has 20 heavy (non-hydrogen) atoms. The molecule has 1 aromatic heterocycles. The van der Waals surface area contributed by atoms with Crippen LogP contribution in [0.25, 0.3) is 0 Å². The zero-order valence-corrected chi connectivity index (χ0v) is 12.3. The van der Waals surface area contributed by atoms with Crippen molar-refractivity contribution in [3.05, 3.63) is 15.6 Å². The number of rotatable bonds is 4. The van der Waals surface area contributed by atoms with Gasteiger partial charge in [0.2, 0.25) is 0 Å². The predicted octanol–water partition coefficient (Wildman–Crippen LogP) is 1.10. The molecule has 110 valence electrons. The van der Waals surface area contributed by atoms with Crippen molar-refractivity contribution < 1.29 is 14.3 Å². The lowest BCUT2D eigenvalue weighted by Gasteiger charge is -2.21. The summed E-state index contributed by atoms with van der Waals surface area (Å²) in [4.78, 5) is 18.0. The lowest BCUT2D eigenvalue weighted by molar-refractivity contribution is -0.147. The fourth-order valence-electron chi connectivity index (χ4n) is 2.56. The van der Waals surface area contributed by atoms with Gasteiger partial charge in [0.1, 0.15) is 0 Å². The number of hydrogen-bond donors (Lipinski definition) is 1. The molecule has 0 saturated carbocycles. The number of carbonyl (C=O) groups excluding carboxylic acids is 1. The Balaban J connectivity index is 1.45. The summed E-state index contributed by atoms with van der Waals surface area (Å²) in [5.74, 6) is -0.0778. The van der Waals surface area contributed by atoms with Crippen LogP contribution in [-0.2, 0) is 33.5 Å². The van der Waals surface area contributed by atoms with Crippen molar-refractivity contribution in [2.45, 2.75) is 38.2 Å². The standard InChI is InChI=1S/C14H20N2O3S/c17-14(11-9-18-7-8-19-11)15-6-5-13-16-10-3-1-2-4-12(10)20-13/h11H,1-9H2,(H,15,17)/t11-/m0/s1. The van der Waals surface area contributed by atoms with Gasteiger partial charge < -0.3 is 14.8 Å². The highest BCUT2D eigenvalue weighted by molar-refractivity contribution is 7.11. The highest BCUT2D eigenvalue weighted by Crippen LogP contribution is 2.26. The Morgan fingerprint density at radius 1 is 1.35 bits per heavy atom. The molecule has 1 aliphatic carbocycles. The van der Waals surface area contributed by atoms with E-state index in [4.69, 9.17) is 9.47 Å². The Kier molecular flexibility index (Phi) is 4.65. The summed E-state index contributed by atoms with van der Waals surface area (Å²) in [6.07, 6.45) is 5.18. The molecule has 0 bridgehead atoms. The number of aryl methyl sites for hydroxylation is 2. The second kappa shape index (κ2) is 6.65. The number of amides is 1. The van der Waals surface area contributed by atoms with E-state index in [0.29, 0.717) is 26.4 Å². The van der Waals surface area contributed by atoms with Gasteiger partial charge in [-0.2, -0.15) is 0 Å². The summed E-state index contributed by atoms with van der Waals surface area (Å²) >= 11 is 1.80. The molecule has 1 N–H and O–H groups in total. The fraction of sp³-hybridized carbons (Fsp3) is 0.714. The summed E-state index contributed by atoms with van der Waals surface area (Å²) in [6, 6.07) is 0. The van der Waals surface area contributed by atoms with Gasteiger partial charge in [-0.3, -0.25) is 4.79 Å². The van der Waals surface area contributed by atoms with E-state index in [0.717, 1.165) is 17.8 Å². The SMILES string of the molecule is O=C(NCCc1nc2c(s1)CCCC2)[C@@H]1COCCO1. The van der Waals surface area contributed by atoms with Crippen LogP contribution >= 0.6 is 11.3 Å². The van der Waals surface area contributed by atoms with Crippen molar-refractivity contribution in [2.24, 2.45) is 0 Å². The zero-order chi connectivity index (χ0) is 13.8. The van der Waals surface area contributed by atoms with Crippen molar-refractivity contribution in [2.75, 3.05) is 26.4 Å². The Morgan fingerprint density at radius 2 is 2.25 bits per heavy atom. The van der Waals surface area contributed by atoms with Gasteiger partial charge >= 0.3 is 0 Å². The smallest absolute Gasteiger partial charge is 0.251 e. The zero-order valence-electron chi connectivity index (χ0n) is 11.5. The first kappa shape index (κ1) is 14.0. The maximum absolute atomic E-state index is 11.8. The van der Waals surface area contributed by atoms with Gasteiger partial charge in [-0.25, -0.2) is 4.98 Å². The second-order valence-electron chi connectivity index (χ2n) is 5.16. The molecule has 1 amide bonds. The first-order valence-electron chi connectivity index (χ1n) is 7.27. The molecular formula is C14H20N2O3S. The third-order valence-corrected chi connectivity index (χ3v) is 4.85. The maximum Gasteiger partial charge on any atom is 0.251 e. The molecule has 1 aliphatic heterocycles. The third kappa shape index (κ3) is 3.37. The first-order chi connectivity index (χ1) is 9.83. The van der Waals surface area contributed by atoms with Crippen LogP contribution in [0.4, 0.5) is 0 Å². The van der Waals surface area contributed by atoms with E-state index in [1.807, 2.05) is 0 Å². The second-order valence-corrected chi connectivity index (χ2v) is 6.33. The predicted molar refractivity (Wildman–Crippen MR) is 76.0 cm³/mol. The van der Waals surface area contributed by atoms with Crippen molar-refractivity contribution in [3.8, 4) is 0 Å². The molecule has 1 fully saturated rings. The molecule has 2 aliphatic rings. The molecule has 0 spiro atoms. The van der Waals surface area contributed by atoms with Crippen LogP contribution in [0.15, 0.2) is 0 Å². The van der Waals surface area contributed by atoms with Gasteiger partial charge in [0, 0.05) is 17.8 Å². The van der Waals surface area contributed by atoms with E-state index >= 15 is 0 Å². The number of carbonyl (C=O) groups is 1. The third-order valence-electron chi connectivity index (χ3n) is 3.64. The van der Waals surface area contributed by atoms with Crippen LogP contribution in [0, 0.1) is 0 Å². The average molecular weight is 296 g/mol. The van der Waals surface area contributed by atoms with Crippen LogP contribution in [0.3, 0.4) is 0 Å². The molecule has 5 nitrogen and oxygen atoms in total. The summed E-state index contributed by atoms with van der Waals surface area (Å²) < 4.78 is 10.6. The van der Waals surface area contributed by atoms with Gasteiger partial charge in [-0.05, 0) is 25.7 Å². The van der Waals surface area contributed by atoms with Gasteiger partial charge in [0.05, 0.1) is 30.5 Å². The Labute approximate surface area is 122 Å². The van der Waals surface area contributed by atoms with Crippen molar-refractivity contribution in [3.63, 3.8) is 0 Å². The van der Waals surface area contributed by atoms with Gasteiger partial charge in [-0.1, -0.05) is 0 Å². The molecule has 3 rings (SSSR count). The monoisotopic (exact) mass is 296 g/mol. The normalized spacial score (nSPS) is 22.3. The summed E-state index contributed by atoms with van der Waals surface area (Å²) in [5.41, 5.74) is 1.28. The summed E-state index contributed by atoms with van der Waals surface area (Å²) in [6.45, 7) is 2.05. The number of nitrogens with one attached hydrogen (secondary N) is 1. The number of ether oxygens (including phenoxy) is 2. The molecule has 0 aromatic carbocycles. The molecular weight excluding hydrogens is 276 g/mol. The van der Waals surface area contributed by atoms with Crippen LogP contribution in [0.1, 0.15) is 28.4 Å². The first-order valence-corrected chi connectivity index (χ1v) is 8.09. The minimum absolute atomic E-state index is 0.0778. The molecule has 2 heterocycles. The molecule has 1 saturated heterocycles. The molecule has 1 aromatic rings. The largest absolute Gasteiger partial charge is 0.376 e. The van der Waals surface area contributed by atoms with E-state index in [-0.39, 0.29) is 5.91 Å². The van der Waals surface area contributed by atoms with Gasteiger partial charge in [-0.15, -0.1) is 11.3 Å². The van der Waals surface area contributed by atoms with E-state index < -0.39 is 6.10 Å². The topological polar surface area (TPSA) is 60.5 Å². The quantitative estimate of drug-likeness (QED) is 0.904. The highest BCUT2D eigenvalue weighted by Gasteiger charge is 2.22. The minimum atomic E-state index is -0.451. The van der Waals surface area contributed by atoms with Crippen LogP contribution in [0.5, 0.6) is 0 Å². The van der Waals surface area contributed by atoms with Crippen LogP contribution < -0.4 is 5.32 Å². The Morgan fingerprint density at radius 3 is 3.05 bits per heavy atom. The minimum Gasteiger partial charge on any atom is -0.376 e. The van der Waals surface area contributed by atoms with Crippen molar-refractivity contribution in [1.29, 1.82) is 0 Å². The van der Waals surface area contributed by atoms with Gasteiger partial charge in [0.25, 0.3) is 5.91 Å². The lowest BCUT2D eigenvalue weighted by Crippen LogP contribution is -2.43. The average Bonchev–Trinajstić information content (AvgIpc) is 2.90. The molecule has 6 heteroatoms. The van der Waals surface area contributed by atoms with Gasteiger partial charge in [0.15, 0.2) is 6.10 Å². The summed E-state index contributed by atoms with van der Waals surface area (Å²) in [7, 11) is 0. The highest BCUT2D eigenvalue weighted by atomic mass is 32.1. The number of nitrogens with zero attached hydrogens (tertiary/aromatic N) is 1. The number of hydrogen-bond acceptors (Lipinski definition) is 5. The molecule has 1 atom stereocenters.